The number of rotatable bonds is 8. The number of amides is 2. The minimum atomic E-state index is -0.538. The van der Waals surface area contributed by atoms with Crippen molar-refractivity contribution in [2.45, 2.75) is 32.9 Å². The van der Waals surface area contributed by atoms with E-state index >= 15 is 0 Å². The lowest BCUT2D eigenvalue weighted by Crippen LogP contribution is -2.49. The van der Waals surface area contributed by atoms with Crippen molar-refractivity contribution >= 4 is 34.4 Å². The number of carbonyl (C=O) groups excluding carboxylic acids is 2. The number of benzene rings is 2. The first kappa shape index (κ1) is 21.2. The van der Waals surface area contributed by atoms with E-state index in [0.29, 0.717) is 18.7 Å². The van der Waals surface area contributed by atoms with Gasteiger partial charge in [0, 0.05) is 17.2 Å². The average Bonchev–Trinajstić information content (AvgIpc) is 2.68. The zero-order chi connectivity index (χ0) is 19.8. The number of halogens is 1. The maximum absolute atomic E-state index is 12.9. The van der Waals surface area contributed by atoms with Gasteiger partial charge in [-0.1, -0.05) is 36.8 Å². The summed E-state index contributed by atoms with van der Waals surface area (Å²) in [5.74, 6) is 0.240. The van der Waals surface area contributed by atoms with Gasteiger partial charge in [0.1, 0.15) is 11.8 Å². The third-order valence-corrected chi connectivity index (χ3v) is 5.00. The smallest absolute Gasteiger partial charge is 0.261 e. The number of nitrogens with zero attached hydrogens (tertiary/aromatic N) is 1. The average molecular weight is 480 g/mol. The Labute approximate surface area is 174 Å². The molecule has 0 spiro atoms. The van der Waals surface area contributed by atoms with Crippen molar-refractivity contribution in [2.24, 2.45) is 0 Å². The van der Waals surface area contributed by atoms with Crippen molar-refractivity contribution in [1.29, 1.82) is 0 Å². The molecule has 0 fully saturated rings. The Balaban J connectivity index is 2.15. The van der Waals surface area contributed by atoms with Gasteiger partial charge in [-0.25, -0.2) is 0 Å². The Morgan fingerprint density at radius 1 is 1.11 bits per heavy atom. The highest BCUT2D eigenvalue weighted by Gasteiger charge is 2.28. The lowest BCUT2D eigenvalue weighted by molar-refractivity contribution is -0.142. The summed E-state index contributed by atoms with van der Waals surface area (Å²) in [7, 11) is 1.58. The molecule has 144 valence electrons. The Morgan fingerprint density at radius 2 is 1.74 bits per heavy atom. The Morgan fingerprint density at radius 3 is 2.30 bits per heavy atom. The minimum Gasteiger partial charge on any atom is -0.484 e. The molecule has 0 saturated heterocycles. The zero-order valence-electron chi connectivity index (χ0n) is 15.9. The van der Waals surface area contributed by atoms with Crippen molar-refractivity contribution in [3.63, 3.8) is 0 Å². The van der Waals surface area contributed by atoms with Crippen molar-refractivity contribution < 1.29 is 14.3 Å². The first-order valence-corrected chi connectivity index (χ1v) is 9.97. The molecule has 1 unspecified atom stereocenters. The molecule has 0 aromatic heterocycles. The SMILES string of the molecule is CCC(C(=O)NC)N(Cc1ccc(C)cc1)C(=O)COc1ccc(I)cc1. The zero-order valence-corrected chi connectivity index (χ0v) is 18.0. The van der Waals surface area contributed by atoms with Gasteiger partial charge in [0.2, 0.25) is 5.91 Å². The molecule has 0 radical (unpaired) electrons. The van der Waals surface area contributed by atoms with Gasteiger partial charge < -0.3 is 15.0 Å². The monoisotopic (exact) mass is 480 g/mol. The molecular weight excluding hydrogens is 455 g/mol. The Bertz CT molecular complexity index is 760. The van der Waals surface area contributed by atoms with Crippen LogP contribution in [0.4, 0.5) is 0 Å². The van der Waals surface area contributed by atoms with Gasteiger partial charge in [-0.2, -0.15) is 0 Å². The highest BCUT2D eigenvalue weighted by Crippen LogP contribution is 2.16. The first-order valence-electron chi connectivity index (χ1n) is 8.89. The summed E-state index contributed by atoms with van der Waals surface area (Å²) in [5, 5.41) is 2.65. The van der Waals surface area contributed by atoms with Crippen molar-refractivity contribution in [3.8, 4) is 5.75 Å². The molecule has 1 atom stereocenters. The van der Waals surface area contributed by atoms with Crippen LogP contribution in [0.2, 0.25) is 0 Å². The van der Waals surface area contributed by atoms with Gasteiger partial charge in [-0.3, -0.25) is 9.59 Å². The van der Waals surface area contributed by atoms with E-state index in [4.69, 9.17) is 4.74 Å². The van der Waals surface area contributed by atoms with Crippen molar-refractivity contribution in [3.05, 3.63) is 63.2 Å². The number of likely N-dealkylation sites (N-methyl/N-ethyl adjacent to an activating group) is 1. The normalized spacial score (nSPS) is 11.6. The summed E-state index contributed by atoms with van der Waals surface area (Å²) < 4.78 is 6.74. The van der Waals surface area contributed by atoms with Crippen molar-refractivity contribution in [2.75, 3.05) is 13.7 Å². The molecule has 0 aliphatic rings. The van der Waals surface area contributed by atoms with Gasteiger partial charge in [-0.05, 0) is 65.8 Å². The molecule has 0 saturated carbocycles. The van der Waals surface area contributed by atoms with Crippen LogP contribution in [0, 0.1) is 10.5 Å². The van der Waals surface area contributed by atoms with E-state index in [2.05, 4.69) is 27.9 Å². The fourth-order valence-electron chi connectivity index (χ4n) is 2.74. The van der Waals surface area contributed by atoms with E-state index in [1.165, 1.54) is 0 Å². The van der Waals surface area contributed by atoms with Gasteiger partial charge in [0.05, 0.1) is 0 Å². The summed E-state index contributed by atoms with van der Waals surface area (Å²) in [6.45, 7) is 4.16. The first-order chi connectivity index (χ1) is 12.9. The summed E-state index contributed by atoms with van der Waals surface area (Å²) in [4.78, 5) is 26.8. The molecule has 2 amide bonds. The summed E-state index contributed by atoms with van der Waals surface area (Å²) in [5.41, 5.74) is 2.13. The standard InChI is InChI=1S/C21H25IN2O3/c1-4-19(21(26)23-3)24(13-16-7-5-15(2)6-8-16)20(25)14-27-18-11-9-17(22)10-12-18/h5-12,19H,4,13-14H2,1-3H3,(H,23,26). The highest BCUT2D eigenvalue weighted by atomic mass is 127. The molecule has 2 rings (SSSR count). The molecule has 0 heterocycles. The predicted molar refractivity (Wildman–Crippen MR) is 115 cm³/mol. The summed E-state index contributed by atoms with van der Waals surface area (Å²) >= 11 is 2.21. The van der Waals surface area contributed by atoms with Crippen LogP contribution >= 0.6 is 22.6 Å². The molecular formula is C21H25IN2O3. The topological polar surface area (TPSA) is 58.6 Å². The molecule has 2 aromatic carbocycles. The lowest BCUT2D eigenvalue weighted by atomic mass is 10.1. The number of ether oxygens (including phenoxy) is 1. The van der Waals surface area contributed by atoms with Crippen LogP contribution in [0.1, 0.15) is 24.5 Å². The van der Waals surface area contributed by atoms with Crippen LogP contribution in [0.15, 0.2) is 48.5 Å². The highest BCUT2D eigenvalue weighted by molar-refractivity contribution is 14.1. The fraction of sp³-hybridized carbons (Fsp3) is 0.333. The van der Waals surface area contributed by atoms with E-state index in [-0.39, 0.29) is 18.4 Å². The molecule has 6 heteroatoms. The van der Waals surface area contributed by atoms with Crippen LogP contribution in [0.3, 0.4) is 0 Å². The maximum atomic E-state index is 12.9. The quantitative estimate of drug-likeness (QED) is 0.589. The number of hydrogen-bond donors (Lipinski definition) is 1. The third kappa shape index (κ3) is 6.23. The molecule has 0 aliphatic heterocycles. The lowest BCUT2D eigenvalue weighted by Gasteiger charge is -2.30. The van der Waals surface area contributed by atoms with Crippen LogP contribution in [-0.2, 0) is 16.1 Å². The Kier molecular flexibility index (Phi) is 8.09. The largest absolute Gasteiger partial charge is 0.484 e. The van der Waals surface area contributed by atoms with Gasteiger partial charge in [0.25, 0.3) is 5.91 Å². The van der Waals surface area contributed by atoms with Gasteiger partial charge in [0.15, 0.2) is 6.61 Å². The second-order valence-electron chi connectivity index (χ2n) is 6.29. The Hall–Kier alpha value is -2.09. The molecule has 0 bridgehead atoms. The van der Waals surface area contributed by atoms with E-state index in [1.54, 1.807) is 11.9 Å². The second kappa shape index (κ2) is 10.3. The minimum absolute atomic E-state index is 0.111. The molecule has 27 heavy (non-hydrogen) atoms. The van der Waals surface area contributed by atoms with Crippen LogP contribution < -0.4 is 10.1 Å². The summed E-state index contributed by atoms with van der Waals surface area (Å²) in [6, 6.07) is 14.9. The third-order valence-electron chi connectivity index (χ3n) is 4.28. The molecule has 5 nitrogen and oxygen atoms in total. The van der Waals surface area contributed by atoms with Gasteiger partial charge >= 0.3 is 0 Å². The number of nitrogens with one attached hydrogen (secondary N) is 1. The van der Waals surface area contributed by atoms with E-state index < -0.39 is 6.04 Å². The number of aryl methyl sites for hydroxylation is 1. The van der Waals surface area contributed by atoms with E-state index in [9.17, 15) is 9.59 Å². The second-order valence-corrected chi connectivity index (χ2v) is 7.53. The van der Waals surface area contributed by atoms with E-state index in [1.807, 2.05) is 62.4 Å². The van der Waals surface area contributed by atoms with E-state index in [0.717, 1.165) is 14.7 Å². The van der Waals surface area contributed by atoms with Crippen LogP contribution in [0.5, 0.6) is 5.75 Å². The van der Waals surface area contributed by atoms with Crippen LogP contribution in [-0.4, -0.2) is 36.4 Å². The maximum Gasteiger partial charge on any atom is 0.261 e. The summed E-state index contributed by atoms with van der Waals surface area (Å²) in [6.07, 6.45) is 0.529. The predicted octanol–water partition coefficient (Wildman–Crippen LogP) is 3.53. The molecule has 0 aliphatic carbocycles. The van der Waals surface area contributed by atoms with Crippen molar-refractivity contribution in [1.82, 2.24) is 10.2 Å². The number of carbonyl (C=O) groups is 2. The number of hydrogen-bond acceptors (Lipinski definition) is 3. The van der Waals surface area contributed by atoms with Gasteiger partial charge in [-0.15, -0.1) is 0 Å². The fourth-order valence-corrected chi connectivity index (χ4v) is 3.09. The molecule has 2 aromatic rings. The van der Waals surface area contributed by atoms with Crippen LogP contribution in [0.25, 0.3) is 0 Å². The molecule has 1 N–H and O–H groups in total.